The number of hydrogen-bond donors (Lipinski definition) is 2. The molecular weight excluding hydrogens is 306 g/mol. The Morgan fingerprint density at radius 3 is 2.67 bits per heavy atom. The number of rotatable bonds is 3. The number of halogens is 1. The maximum Gasteiger partial charge on any atom is 0.133 e. The standard InChI is InChI=1S/C16H23NO2S.ClH/c1-10-4-3-5-14(16(10)20-2)19-15-7-12-9-17-8-11(12)6-13(15)18;/h3-5,11-13,15,17-18H,6-9H2,1-2H3;1H/t11-,12+,13+,15+;/m0./s1. The van der Waals surface area contributed by atoms with Gasteiger partial charge in [0, 0.05) is 0 Å². The summed E-state index contributed by atoms with van der Waals surface area (Å²) in [6, 6.07) is 6.15. The molecule has 2 aliphatic rings. The van der Waals surface area contributed by atoms with Gasteiger partial charge in [0.1, 0.15) is 11.9 Å². The number of fused-ring (bicyclic) bond motifs is 1. The van der Waals surface area contributed by atoms with Crippen molar-refractivity contribution in [3.05, 3.63) is 23.8 Å². The van der Waals surface area contributed by atoms with Crippen molar-refractivity contribution in [3.63, 3.8) is 0 Å². The van der Waals surface area contributed by atoms with Gasteiger partial charge in [0.2, 0.25) is 0 Å². The Labute approximate surface area is 137 Å². The van der Waals surface area contributed by atoms with Crippen LogP contribution in [0.1, 0.15) is 18.4 Å². The lowest BCUT2D eigenvalue weighted by molar-refractivity contribution is -0.0243. The third-order valence-electron chi connectivity index (χ3n) is 4.65. The summed E-state index contributed by atoms with van der Waals surface area (Å²) in [7, 11) is 0. The molecule has 1 saturated carbocycles. The zero-order valence-corrected chi connectivity index (χ0v) is 14.2. The van der Waals surface area contributed by atoms with Gasteiger partial charge in [-0.05, 0) is 62.6 Å². The van der Waals surface area contributed by atoms with Crippen LogP contribution in [0.4, 0.5) is 0 Å². The van der Waals surface area contributed by atoms with E-state index in [1.807, 2.05) is 12.1 Å². The van der Waals surface area contributed by atoms with Crippen LogP contribution >= 0.6 is 24.2 Å². The average Bonchev–Trinajstić information content (AvgIpc) is 2.86. The van der Waals surface area contributed by atoms with Crippen LogP contribution in [0.2, 0.25) is 0 Å². The van der Waals surface area contributed by atoms with E-state index in [9.17, 15) is 5.11 Å². The topological polar surface area (TPSA) is 41.5 Å². The van der Waals surface area contributed by atoms with Crippen LogP contribution < -0.4 is 10.1 Å². The van der Waals surface area contributed by atoms with Gasteiger partial charge in [0.15, 0.2) is 0 Å². The number of aliphatic hydroxyl groups excluding tert-OH is 1. The number of thioether (sulfide) groups is 1. The third kappa shape index (κ3) is 3.50. The summed E-state index contributed by atoms with van der Waals surface area (Å²) in [6.45, 7) is 4.22. The minimum atomic E-state index is -0.341. The van der Waals surface area contributed by atoms with E-state index in [0.29, 0.717) is 11.8 Å². The van der Waals surface area contributed by atoms with E-state index in [4.69, 9.17) is 4.74 Å². The first kappa shape index (κ1) is 16.9. The molecule has 0 aromatic heterocycles. The van der Waals surface area contributed by atoms with Crippen LogP contribution in [0, 0.1) is 18.8 Å². The molecule has 1 saturated heterocycles. The lowest BCUT2D eigenvalue weighted by Crippen LogP contribution is -2.42. The first-order valence-corrected chi connectivity index (χ1v) is 8.60. The van der Waals surface area contributed by atoms with Crippen molar-refractivity contribution < 1.29 is 9.84 Å². The highest BCUT2D eigenvalue weighted by Crippen LogP contribution is 2.37. The van der Waals surface area contributed by atoms with E-state index in [-0.39, 0.29) is 24.6 Å². The van der Waals surface area contributed by atoms with Gasteiger partial charge < -0.3 is 15.2 Å². The Bertz CT molecular complexity index is 485. The van der Waals surface area contributed by atoms with E-state index in [0.717, 1.165) is 31.7 Å². The van der Waals surface area contributed by atoms with Gasteiger partial charge in [-0.15, -0.1) is 24.2 Å². The molecule has 5 heteroatoms. The zero-order chi connectivity index (χ0) is 14.1. The summed E-state index contributed by atoms with van der Waals surface area (Å²) in [5.41, 5.74) is 1.24. The fourth-order valence-electron chi connectivity index (χ4n) is 3.53. The minimum Gasteiger partial charge on any atom is -0.487 e. The van der Waals surface area contributed by atoms with Crippen molar-refractivity contribution in [1.82, 2.24) is 5.32 Å². The Morgan fingerprint density at radius 2 is 1.95 bits per heavy atom. The fourth-order valence-corrected chi connectivity index (χ4v) is 4.23. The summed E-state index contributed by atoms with van der Waals surface area (Å²) in [4.78, 5) is 1.19. The van der Waals surface area contributed by atoms with Crippen LogP contribution in [-0.2, 0) is 0 Å². The summed E-state index contributed by atoms with van der Waals surface area (Å²) in [5, 5.41) is 13.8. The highest BCUT2D eigenvalue weighted by molar-refractivity contribution is 7.98. The summed E-state index contributed by atoms with van der Waals surface area (Å²) >= 11 is 1.71. The molecule has 3 nitrogen and oxygen atoms in total. The first-order valence-electron chi connectivity index (χ1n) is 7.38. The fraction of sp³-hybridized carbons (Fsp3) is 0.625. The number of nitrogens with one attached hydrogen (secondary N) is 1. The highest BCUT2D eigenvalue weighted by atomic mass is 35.5. The van der Waals surface area contributed by atoms with Crippen molar-refractivity contribution in [2.75, 3.05) is 19.3 Å². The molecule has 0 amide bonds. The van der Waals surface area contributed by atoms with Gasteiger partial charge in [-0.25, -0.2) is 0 Å². The predicted octanol–water partition coefficient (Wildman–Crippen LogP) is 2.88. The Hall–Kier alpha value is -0.420. The van der Waals surface area contributed by atoms with Gasteiger partial charge in [0.05, 0.1) is 11.0 Å². The van der Waals surface area contributed by atoms with Crippen molar-refractivity contribution in [2.24, 2.45) is 11.8 Å². The molecule has 0 bridgehead atoms. The van der Waals surface area contributed by atoms with Crippen molar-refractivity contribution in [3.8, 4) is 5.75 Å². The maximum absolute atomic E-state index is 10.4. The molecule has 1 aliphatic carbocycles. The second kappa shape index (κ2) is 7.23. The largest absolute Gasteiger partial charge is 0.487 e. The van der Waals surface area contributed by atoms with E-state index < -0.39 is 0 Å². The quantitative estimate of drug-likeness (QED) is 0.837. The molecule has 0 unspecified atom stereocenters. The molecule has 21 heavy (non-hydrogen) atoms. The molecule has 2 fully saturated rings. The van der Waals surface area contributed by atoms with Crippen LogP contribution in [0.3, 0.4) is 0 Å². The van der Waals surface area contributed by atoms with E-state index in [1.54, 1.807) is 11.8 Å². The van der Waals surface area contributed by atoms with E-state index in [2.05, 4.69) is 24.6 Å². The predicted molar refractivity (Wildman–Crippen MR) is 89.7 cm³/mol. The van der Waals surface area contributed by atoms with Crippen LogP contribution in [0.15, 0.2) is 23.1 Å². The SMILES string of the molecule is CSc1c(C)cccc1O[C@@H]1C[C@@H]2CNC[C@@H]2C[C@H]1O.Cl. The summed E-state index contributed by atoms with van der Waals surface area (Å²) in [5.74, 6) is 2.21. The second-order valence-corrected chi connectivity index (χ2v) is 6.80. The van der Waals surface area contributed by atoms with Gasteiger partial charge >= 0.3 is 0 Å². The molecule has 4 atom stereocenters. The minimum absolute atomic E-state index is 0. The summed E-state index contributed by atoms with van der Waals surface area (Å²) in [6.07, 6.45) is 3.49. The molecule has 2 N–H and O–H groups in total. The number of benzene rings is 1. The van der Waals surface area contributed by atoms with Crippen LogP contribution in [-0.4, -0.2) is 36.7 Å². The zero-order valence-electron chi connectivity index (χ0n) is 12.5. The Morgan fingerprint density at radius 1 is 1.24 bits per heavy atom. The normalized spacial score (nSPS) is 31.4. The third-order valence-corrected chi connectivity index (χ3v) is 5.58. The van der Waals surface area contributed by atoms with Gasteiger partial charge in [-0.3, -0.25) is 0 Å². The maximum atomic E-state index is 10.4. The molecule has 118 valence electrons. The number of ether oxygens (including phenoxy) is 1. The molecule has 1 aromatic rings. The molecule has 0 spiro atoms. The number of hydrogen-bond acceptors (Lipinski definition) is 4. The van der Waals surface area contributed by atoms with Crippen LogP contribution in [0.5, 0.6) is 5.75 Å². The van der Waals surface area contributed by atoms with Crippen molar-refractivity contribution in [2.45, 2.75) is 36.9 Å². The Balaban J connectivity index is 0.00000161. The number of aliphatic hydroxyl groups is 1. The Kier molecular flexibility index (Phi) is 5.83. The van der Waals surface area contributed by atoms with Gasteiger partial charge in [-0.2, -0.15) is 0 Å². The number of aryl methyl sites for hydroxylation is 1. The van der Waals surface area contributed by atoms with Crippen molar-refractivity contribution >= 4 is 24.2 Å². The average molecular weight is 330 g/mol. The van der Waals surface area contributed by atoms with Crippen LogP contribution in [0.25, 0.3) is 0 Å². The smallest absolute Gasteiger partial charge is 0.133 e. The highest BCUT2D eigenvalue weighted by Gasteiger charge is 2.40. The first-order chi connectivity index (χ1) is 9.69. The molecule has 0 radical (unpaired) electrons. The van der Waals surface area contributed by atoms with E-state index >= 15 is 0 Å². The molecule has 1 heterocycles. The van der Waals surface area contributed by atoms with E-state index in [1.165, 1.54) is 10.5 Å². The molecule has 1 aromatic carbocycles. The molecule has 3 rings (SSSR count). The molecule has 1 aliphatic heterocycles. The monoisotopic (exact) mass is 329 g/mol. The second-order valence-electron chi connectivity index (χ2n) is 5.98. The summed E-state index contributed by atoms with van der Waals surface area (Å²) < 4.78 is 6.18. The van der Waals surface area contributed by atoms with Gasteiger partial charge in [-0.1, -0.05) is 12.1 Å². The van der Waals surface area contributed by atoms with Crippen molar-refractivity contribution in [1.29, 1.82) is 0 Å². The molecular formula is C16H24ClNO2S. The lowest BCUT2D eigenvalue weighted by atomic mass is 9.78. The lowest BCUT2D eigenvalue weighted by Gasteiger charge is -2.35. The van der Waals surface area contributed by atoms with Gasteiger partial charge in [0.25, 0.3) is 0 Å².